The molecule has 0 aromatic rings. The van der Waals surface area contributed by atoms with Gasteiger partial charge in [0, 0.05) is 19.0 Å². The molecule has 1 amide bonds. The van der Waals surface area contributed by atoms with E-state index in [9.17, 15) is 4.79 Å². The highest BCUT2D eigenvalue weighted by atomic mass is 16.2. The van der Waals surface area contributed by atoms with E-state index in [1.165, 1.54) is 51.4 Å². The van der Waals surface area contributed by atoms with Crippen molar-refractivity contribution in [3.63, 3.8) is 0 Å². The summed E-state index contributed by atoms with van der Waals surface area (Å²) < 4.78 is 0. The van der Waals surface area contributed by atoms with Gasteiger partial charge in [0.05, 0.1) is 0 Å². The smallest absolute Gasteiger partial charge is 0.225 e. The van der Waals surface area contributed by atoms with E-state index >= 15 is 0 Å². The zero-order valence-electron chi connectivity index (χ0n) is 18.2. The van der Waals surface area contributed by atoms with Crippen molar-refractivity contribution in [2.45, 2.75) is 117 Å². The first-order chi connectivity index (χ1) is 12.7. The largest absolute Gasteiger partial charge is 0.342 e. The molecule has 0 rings (SSSR count). The number of nitrogens with zero attached hydrogens (tertiary/aromatic N) is 1. The van der Waals surface area contributed by atoms with Crippen LogP contribution in [0.4, 0.5) is 0 Å². The summed E-state index contributed by atoms with van der Waals surface area (Å²) in [6.45, 7) is 9.25. The molecule has 0 spiro atoms. The second kappa shape index (κ2) is 19.2. The Morgan fingerprint density at radius 2 is 1.15 bits per heavy atom. The van der Waals surface area contributed by atoms with E-state index in [0.717, 1.165) is 58.0 Å². The van der Waals surface area contributed by atoms with Crippen LogP contribution in [0.3, 0.4) is 0 Å². The zero-order valence-corrected chi connectivity index (χ0v) is 18.2. The van der Waals surface area contributed by atoms with Crippen LogP contribution in [0.15, 0.2) is 0 Å². The second-order valence-electron chi connectivity index (χ2n) is 7.92. The topological polar surface area (TPSA) is 46.3 Å². The maximum atomic E-state index is 13.1. The van der Waals surface area contributed by atoms with Gasteiger partial charge in [-0.05, 0) is 38.6 Å². The average Bonchev–Trinajstić information content (AvgIpc) is 2.66. The Bertz CT molecular complexity index is 299. The Morgan fingerprint density at radius 1 is 0.692 bits per heavy atom. The maximum Gasteiger partial charge on any atom is 0.225 e. The fourth-order valence-corrected chi connectivity index (χ4v) is 3.57. The predicted octanol–water partition coefficient (Wildman–Crippen LogP) is 6.30. The molecule has 0 saturated heterocycles. The number of unbranched alkanes of at least 4 members (excludes halogenated alkanes) is 9. The van der Waals surface area contributed by atoms with Crippen LogP contribution in [0.25, 0.3) is 0 Å². The number of hydrogen-bond acceptors (Lipinski definition) is 2. The molecule has 0 heterocycles. The highest BCUT2D eigenvalue weighted by Gasteiger charge is 2.23. The number of carbonyl (C=O) groups excluding carboxylic acids is 1. The molecule has 0 radical (unpaired) electrons. The Balaban J connectivity index is 4.32. The first-order valence-electron chi connectivity index (χ1n) is 11.7. The Kier molecular flexibility index (Phi) is 18.8. The Labute approximate surface area is 164 Å². The molecule has 0 aromatic heterocycles. The van der Waals surface area contributed by atoms with E-state index in [-0.39, 0.29) is 5.92 Å². The van der Waals surface area contributed by atoms with Crippen LogP contribution >= 0.6 is 0 Å². The van der Waals surface area contributed by atoms with Crippen LogP contribution in [0.5, 0.6) is 0 Å². The number of rotatable bonds is 19. The van der Waals surface area contributed by atoms with Crippen molar-refractivity contribution >= 4 is 5.91 Å². The molecule has 0 aliphatic carbocycles. The average molecular weight is 369 g/mol. The Morgan fingerprint density at radius 3 is 1.65 bits per heavy atom. The third-order valence-electron chi connectivity index (χ3n) is 5.39. The monoisotopic (exact) mass is 368 g/mol. The van der Waals surface area contributed by atoms with Crippen LogP contribution in [-0.4, -0.2) is 30.4 Å². The van der Waals surface area contributed by atoms with Crippen LogP contribution in [0.2, 0.25) is 0 Å². The molecular weight excluding hydrogens is 320 g/mol. The van der Waals surface area contributed by atoms with Crippen molar-refractivity contribution in [2.24, 2.45) is 11.7 Å². The highest BCUT2D eigenvalue weighted by Crippen LogP contribution is 2.20. The minimum Gasteiger partial charge on any atom is -0.342 e. The lowest BCUT2D eigenvalue weighted by molar-refractivity contribution is -0.136. The van der Waals surface area contributed by atoms with Gasteiger partial charge in [0.15, 0.2) is 0 Å². The summed E-state index contributed by atoms with van der Waals surface area (Å²) in [6, 6.07) is 0. The fraction of sp³-hybridized carbons (Fsp3) is 0.957. The number of hydrogen-bond donors (Lipinski definition) is 1. The van der Waals surface area contributed by atoms with Gasteiger partial charge in [0.25, 0.3) is 0 Å². The minimum absolute atomic E-state index is 0.201. The van der Waals surface area contributed by atoms with Gasteiger partial charge in [-0.25, -0.2) is 0 Å². The third kappa shape index (κ3) is 13.6. The third-order valence-corrected chi connectivity index (χ3v) is 5.39. The Hall–Kier alpha value is -0.570. The summed E-state index contributed by atoms with van der Waals surface area (Å²) in [6.07, 6.45) is 18.2. The van der Waals surface area contributed by atoms with Crippen LogP contribution in [-0.2, 0) is 4.79 Å². The highest BCUT2D eigenvalue weighted by molar-refractivity contribution is 5.78. The van der Waals surface area contributed by atoms with Crippen molar-refractivity contribution in [2.75, 3.05) is 19.6 Å². The second-order valence-corrected chi connectivity index (χ2v) is 7.92. The quantitative estimate of drug-likeness (QED) is 0.272. The first-order valence-corrected chi connectivity index (χ1v) is 11.7. The lowest BCUT2D eigenvalue weighted by Crippen LogP contribution is -2.38. The lowest BCUT2D eigenvalue weighted by Gasteiger charge is -2.27. The molecule has 3 heteroatoms. The summed E-state index contributed by atoms with van der Waals surface area (Å²) in [7, 11) is 0. The van der Waals surface area contributed by atoms with E-state index in [0.29, 0.717) is 12.5 Å². The van der Waals surface area contributed by atoms with E-state index in [2.05, 4.69) is 25.7 Å². The van der Waals surface area contributed by atoms with Gasteiger partial charge in [-0.3, -0.25) is 4.79 Å². The number of carbonyl (C=O) groups is 1. The van der Waals surface area contributed by atoms with Crippen LogP contribution in [0.1, 0.15) is 117 Å². The SMILES string of the molecule is CCCCCCCCCCC(CCCN)C(=O)N(CCCC)CCCC. The van der Waals surface area contributed by atoms with Crippen molar-refractivity contribution < 1.29 is 4.79 Å². The van der Waals surface area contributed by atoms with Gasteiger partial charge in [-0.15, -0.1) is 0 Å². The normalized spacial score (nSPS) is 12.3. The summed E-state index contributed by atoms with van der Waals surface area (Å²) >= 11 is 0. The molecule has 26 heavy (non-hydrogen) atoms. The molecule has 0 bridgehead atoms. The molecule has 1 atom stereocenters. The van der Waals surface area contributed by atoms with Gasteiger partial charge in [0.2, 0.25) is 5.91 Å². The van der Waals surface area contributed by atoms with Crippen molar-refractivity contribution in [3.05, 3.63) is 0 Å². The molecule has 0 saturated carbocycles. The molecular formula is C23H48N2O. The molecule has 0 aliphatic rings. The molecule has 0 aliphatic heterocycles. The molecule has 0 aromatic carbocycles. The van der Waals surface area contributed by atoms with Crippen molar-refractivity contribution in [3.8, 4) is 0 Å². The van der Waals surface area contributed by atoms with E-state index in [1.54, 1.807) is 0 Å². The minimum atomic E-state index is 0.201. The summed E-state index contributed by atoms with van der Waals surface area (Å²) in [5.41, 5.74) is 5.72. The maximum absolute atomic E-state index is 13.1. The summed E-state index contributed by atoms with van der Waals surface area (Å²) in [5, 5.41) is 0. The predicted molar refractivity (Wildman–Crippen MR) is 115 cm³/mol. The van der Waals surface area contributed by atoms with E-state index in [4.69, 9.17) is 5.73 Å². The molecule has 156 valence electrons. The molecule has 3 nitrogen and oxygen atoms in total. The summed E-state index contributed by atoms with van der Waals surface area (Å²) in [4.78, 5) is 15.2. The molecule has 0 fully saturated rings. The standard InChI is InChI=1S/C23H48N2O/c1-4-7-10-11-12-13-14-15-17-22(18-16-19-24)23(26)25(20-8-5-2)21-9-6-3/h22H,4-21,24H2,1-3H3. The van der Waals surface area contributed by atoms with Crippen LogP contribution < -0.4 is 5.73 Å². The van der Waals surface area contributed by atoms with E-state index in [1.807, 2.05) is 0 Å². The van der Waals surface area contributed by atoms with Gasteiger partial charge in [-0.1, -0.05) is 85.0 Å². The first kappa shape index (κ1) is 25.4. The number of amides is 1. The fourth-order valence-electron chi connectivity index (χ4n) is 3.57. The summed E-state index contributed by atoms with van der Waals surface area (Å²) in [5.74, 6) is 0.607. The van der Waals surface area contributed by atoms with Gasteiger partial charge in [0.1, 0.15) is 0 Å². The lowest BCUT2D eigenvalue weighted by atomic mass is 9.93. The van der Waals surface area contributed by atoms with Gasteiger partial charge >= 0.3 is 0 Å². The number of nitrogens with two attached hydrogens (primary N) is 1. The van der Waals surface area contributed by atoms with Crippen molar-refractivity contribution in [1.29, 1.82) is 0 Å². The molecule has 1 unspecified atom stereocenters. The van der Waals surface area contributed by atoms with Crippen LogP contribution in [0, 0.1) is 5.92 Å². The van der Waals surface area contributed by atoms with Crippen molar-refractivity contribution in [1.82, 2.24) is 4.90 Å². The molecule has 2 N–H and O–H groups in total. The van der Waals surface area contributed by atoms with E-state index < -0.39 is 0 Å². The van der Waals surface area contributed by atoms with Gasteiger partial charge in [-0.2, -0.15) is 0 Å². The van der Waals surface area contributed by atoms with Gasteiger partial charge < -0.3 is 10.6 Å². The zero-order chi connectivity index (χ0) is 19.5.